The van der Waals surface area contributed by atoms with Crippen molar-refractivity contribution in [3.8, 4) is 11.8 Å². The van der Waals surface area contributed by atoms with Crippen molar-refractivity contribution in [2.45, 2.75) is 33.2 Å². The Morgan fingerprint density at radius 2 is 1.83 bits per heavy atom. The van der Waals surface area contributed by atoms with E-state index >= 15 is 0 Å². The zero-order valence-electron chi connectivity index (χ0n) is 13.7. The Morgan fingerprint density at radius 1 is 1.13 bits per heavy atom. The monoisotopic (exact) mass is 311 g/mol. The van der Waals surface area contributed by atoms with Crippen LogP contribution in [0.5, 0.6) is 5.75 Å². The molecule has 1 N–H and O–H groups in total. The average molecular weight is 311 g/mol. The van der Waals surface area contributed by atoms with Gasteiger partial charge in [-0.1, -0.05) is 30.3 Å². The highest BCUT2D eigenvalue weighted by atomic mass is 16.5. The predicted octanol–water partition coefficient (Wildman–Crippen LogP) is 3.59. The molecule has 0 saturated heterocycles. The van der Waals surface area contributed by atoms with E-state index in [0.717, 1.165) is 28.0 Å². The van der Waals surface area contributed by atoms with Gasteiger partial charge < -0.3 is 14.6 Å². The van der Waals surface area contributed by atoms with Crippen LogP contribution in [-0.4, -0.2) is 12.2 Å². The van der Waals surface area contributed by atoms with E-state index in [1.54, 1.807) is 13.2 Å². The predicted molar refractivity (Wildman–Crippen MR) is 88.0 cm³/mol. The summed E-state index contributed by atoms with van der Waals surface area (Å²) < 4.78 is 11.1. The molecule has 120 valence electrons. The van der Waals surface area contributed by atoms with Crippen LogP contribution in [0.15, 0.2) is 36.4 Å². The third-order valence-corrected chi connectivity index (χ3v) is 3.72. The van der Waals surface area contributed by atoms with Gasteiger partial charge in [-0.05, 0) is 42.2 Å². The van der Waals surface area contributed by atoms with Crippen molar-refractivity contribution >= 4 is 0 Å². The first-order valence-corrected chi connectivity index (χ1v) is 7.44. The maximum Gasteiger partial charge on any atom is 0.166 e. The van der Waals surface area contributed by atoms with Gasteiger partial charge in [0.15, 0.2) is 6.10 Å². The van der Waals surface area contributed by atoms with Gasteiger partial charge in [0.1, 0.15) is 12.4 Å². The Kier molecular flexibility index (Phi) is 5.75. The van der Waals surface area contributed by atoms with Crippen molar-refractivity contribution in [2.75, 3.05) is 7.11 Å². The van der Waals surface area contributed by atoms with Gasteiger partial charge in [0, 0.05) is 12.7 Å². The summed E-state index contributed by atoms with van der Waals surface area (Å²) in [5.74, 6) is 0.835. The van der Waals surface area contributed by atoms with Gasteiger partial charge in [-0.3, -0.25) is 0 Å². The van der Waals surface area contributed by atoms with Crippen LogP contribution in [0.3, 0.4) is 0 Å². The molecule has 4 nitrogen and oxygen atoms in total. The van der Waals surface area contributed by atoms with E-state index in [-0.39, 0.29) is 6.61 Å². The van der Waals surface area contributed by atoms with Crippen molar-refractivity contribution in [2.24, 2.45) is 0 Å². The minimum absolute atomic E-state index is 0.289. The highest BCUT2D eigenvalue weighted by Crippen LogP contribution is 2.26. The number of methoxy groups -OCH3 is 1. The molecule has 1 atom stereocenters. The molecule has 0 spiro atoms. The van der Waals surface area contributed by atoms with Crippen LogP contribution in [0.25, 0.3) is 0 Å². The molecule has 23 heavy (non-hydrogen) atoms. The van der Waals surface area contributed by atoms with E-state index in [9.17, 15) is 5.11 Å². The van der Waals surface area contributed by atoms with Crippen molar-refractivity contribution in [3.05, 3.63) is 64.2 Å². The molecule has 0 aromatic heterocycles. The SMILES string of the molecule is COCc1ccc(C(O)C#N)c(COc2c(C)cccc2C)c1. The number of ether oxygens (including phenoxy) is 2. The summed E-state index contributed by atoms with van der Waals surface area (Å²) >= 11 is 0. The molecule has 0 fully saturated rings. The molecular weight excluding hydrogens is 290 g/mol. The van der Waals surface area contributed by atoms with Gasteiger partial charge in [-0.2, -0.15) is 5.26 Å². The highest BCUT2D eigenvalue weighted by molar-refractivity contribution is 5.41. The molecule has 2 rings (SSSR count). The van der Waals surface area contributed by atoms with Crippen molar-refractivity contribution in [1.82, 2.24) is 0 Å². The lowest BCUT2D eigenvalue weighted by Crippen LogP contribution is -2.06. The van der Waals surface area contributed by atoms with Gasteiger partial charge in [0.2, 0.25) is 0 Å². The summed E-state index contributed by atoms with van der Waals surface area (Å²) in [6.07, 6.45) is -1.16. The van der Waals surface area contributed by atoms with E-state index in [4.69, 9.17) is 14.7 Å². The van der Waals surface area contributed by atoms with Crippen LogP contribution in [0.4, 0.5) is 0 Å². The molecular formula is C19H21NO3. The third-order valence-electron chi connectivity index (χ3n) is 3.72. The van der Waals surface area contributed by atoms with Crippen LogP contribution >= 0.6 is 0 Å². The van der Waals surface area contributed by atoms with Gasteiger partial charge in [-0.15, -0.1) is 0 Å². The summed E-state index contributed by atoms with van der Waals surface area (Å²) in [5.41, 5.74) is 4.44. The summed E-state index contributed by atoms with van der Waals surface area (Å²) in [7, 11) is 1.63. The lowest BCUT2D eigenvalue weighted by atomic mass is 10.0. The van der Waals surface area contributed by atoms with Crippen LogP contribution in [0, 0.1) is 25.2 Å². The van der Waals surface area contributed by atoms with Crippen LogP contribution in [0.2, 0.25) is 0 Å². The lowest BCUT2D eigenvalue weighted by molar-refractivity contribution is 0.184. The number of nitriles is 1. The Hall–Kier alpha value is -2.35. The van der Waals surface area contributed by atoms with Gasteiger partial charge in [-0.25, -0.2) is 0 Å². The first-order valence-electron chi connectivity index (χ1n) is 7.44. The molecule has 0 amide bonds. The quantitative estimate of drug-likeness (QED) is 0.828. The Morgan fingerprint density at radius 3 is 2.43 bits per heavy atom. The van der Waals surface area contributed by atoms with Gasteiger partial charge >= 0.3 is 0 Å². The number of hydrogen-bond donors (Lipinski definition) is 1. The number of aryl methyl sites for hydroxylation is 2. The second-order valence-corrected chi connectivity index (χ2v) is 5.51. The maximum absolute atomic E-state index is 9.89. The molecule has 0 heterocycles. The topological polar surface area (TPSA) is 62.5 Å². The number of rotatable bonds is 6. The van der Waals surface area contributed by atoms with E-state index in [1.165, 1.54) is 0 Å². The van der Waals surface area contributed by atoms with Crippen LogP contribution in [-0.2, 0) is 18.0 Å². The summed E-state index contributed by atoms with van der Waals surface area (Å²) in [5, 5.41) is 18.9. The second-order valence-electron chi connectivity index (χ2n) is 5.51. The summed E-state index contributed by atoms with van der Waals surface area (Å²) in [6, 6.07) is 13.4. The van der Waals surface area contributed by atoms with E-state index in [0.29, 0.717) is 12.2 Å². The smallest absolute Gasteiger partial charge is 0.166 e. The van der Waals surface area contributed by atoms with Crippen LogP contribution < -0.4 is 4.74 Å². The van der Waals surface area contributed by atoms with Crippen molar-refractivity contribution in [1.29, 1.82) is 5.26 Å². The Balaban J connectivity index is 2.29. The van der Waals surface area contributed by atoms with E-state index in [1.807, 2.05) is 50.2 Å². The fraction of sp³-hybridized carbons (Fsp3) is 0.316. The zero-order chi connectivity index (χ0) is 16.8. The number of aliphatic hydroxyl groups excluding tert-OH is 1. The fourth-order valence-corrected chi connectivity index (χ4v) is 2.55. The summed E-state index contributed by atoms with van der Waals surface area (Å²) in [4.78, 5) is 0. The number of hydrogen-bond acceptors (Lipinski definition) is 4. The Labute approximate surface area is 136 Å². The molecule has 0 aliphatic heterocycles. The fourth-order valence-electron chi connectivity index (χ4n) is 2.55. The maximum atomic E-state index is 9.89. The van der Waals surface area contributed by atoms with E-state index in [2.05, 4.69) is 0 Å². The third kappa shape index (κ3) is 4.10. The van der Waals surface area contributed by atoms with Crippen LogP contribution in [0.1, 0.15) is 33.9 Å². The first-order chi connectivity index (χ1) is 11.1. The molecule has 0 aliphatic rings. The lowest BCUT2D eigenvalue weighted by Gasteiger charge is -2.16. The molecule has 0 bridgehead atoms. The van der Waals surface area contributed by atoms with Gasteiger partial charge in [0.25, 0.3) is 0 Å². The minimum atomic E-state index is -1.16. The van der Waals surface area contributed by atoms with Crippen molar-refractivity contribution < 1.29 is 14.6 Å². The number of benzene rings is 2. The minimum Gasteiger partial charge on any atom is -0.488 e. The van der Waals surface area contributed by atoms with E-state index < -0.39 is 6.10 Å². The largest absolute Gasteiger partial charge is 0.488 e. The standard InChI is InChI=1S/C19H21NO3/c1-13-5-4-6-14(2)19(13)23-12-16-9-15(11-22-3)7-8-17(16)18(21)10-20/h4-9,18,21H,11-12H2,1-3H3. The molecule has 4 heteroatoms. The van der Waals surface area contributed by atoms with Crippen molar-refractivity contribution in [3.63, 3.8) is 0 Å². The first kappa shape index (κ1) is 17.0. The molecule has 0 radical (unpaired) electrons. The number of aliphatic hydroxyl groups is 1. The number of nitrogens with zero attached hydrogens (tertiary/aromatic N) is 1. The molecule has 2 aromatic carbocycles. The Bertz CT molecular complexity index is 699. The highest BCUT2D eigenvalue weighted by Gasteiger charge is 2.14. The molecule has 2 aromatic rings. The summed E-state index contributed by atoms with van der Waals surface area (Å²) in [6.45, 7) is 4.75. The van der Waals surface area contributed by atoms with Gasteiger partial charge in [0.05, 0.1) is 12.7 Å². The second kappa shape index (κ2) is 7.77. The zero-order valence-corrected chi connectivity index (χ0v) is 13.7. The normalized spacial score (nSPS) is 11.8. The molecule has 0 aliphatic carbocycles. The average Bonchev–Trinajstić information content (AvgIpc) is 2.54. The molecule has 0 saturated carbocycles. The molecule has 1 unspecified atom stereocenters. The number of para-hydroxylation sites is 1.